The highest BCUT2D eigenvalue weighted by Gasteiger charge is 2.24. The second-order valence-electron chi connectivity index (χ2n) is 7.88. The molecule has 0 saturated carbocycles. The van der Waals surface area contributed by atoms with Crippen LogP contribution in [0.3, 0.4) is 0 Å². The van der Waals surface area contributed by atoms with Crippen molar-refractivity contribution in [1.82, 2.24) is 24.5 Å². The van der Waals surface area contributed by atoms with Crippen LogP contribution in [0, 0.1) is 0 Å². The summed E-state index contributed by atoms with van der Waals surface area (Å²) in [7, 11) is 0. The number of hydrogen-bond acceptors (Lipinski definition) is 5. The van der Waals surface area contributed by atoms with Gasteiger partial charge in [0, 0.05) is 57.1 Å². The first-order valence-electron chi connectivity index (χ1n) is 10.8. The molecule has 1 aromatic heterocycles. The monoisotopic (exact) mass is 423 g/mol. The first-order valence-corrected chi connectivity index (χ1v) is 10.8. The van der Waals surface area contributed by atoms with Gasteiger partial charge in [-0.15, -0.1) is 0 Å². The second-order valence-corrected chi connectivity index (χ2v) is 7.88. The number of piperazine rings is 1. The van der Waals surface area contributed by atoms with Gasteiger partial charge in [0.1, 0.15) is 0 Å². The molecule has 2 fully saturated rings. The molecule has 0 aliphatic carbocycles. The van der Waals surface area contributed by atoms with Gasteiger partial charge in [-0.05, 0) is 11.6 Å². The van der Waals surface area contributed by atoms with Crippen molar-refractivity contribution in [3.05, 3.63) is 59.9 Å². The van der Waals surface area contributed by atoms with Crippen molar-refractivity contribution >= 4 is 17.9 Å². The highest BCUT2D eigenvalue weighted by atomic mass is 16.5. The summed E-state index contributed by atoms with van der Waals surface area (Å²) in [4.78, 5) is 30.8. The molecule has 164 valence electrons. The van der Waals surface area contributed by atoms with Crippen molar-refractivity contribution in [3.63, 3.8) is 0 Å². The Labute approximate surface area is 182 Å². The fourth-order valence-electron chi connectivity index (χ4n) is 3.83. The smallest absolute Gasteiger partial charge is 0.246 e. The van der Waals surface area contributed by atoms with Gasteiger partial charge in [-0.2, -0.15) is 5.10 Å². The predicted molar refractivity (Wildman–Crippen MR) is 117 cm³/mol. The standard InChI is InChI=1S/C23H29N5O3/c29-22(7-6-21-16-24-28(18-21)17-20-4-2-1-3-5-20)26-10-8-25(9-11-26)19-23(30)27-12-14-31-15-13-27/h1-7,16,18H,8-15,17,19H2. The Kier molecular flexibility index (Phi) is 7.11. The van der Waals surface area contributed by atoms with E-state index in [-0.39, 0.29) is 11.8 Å². The van der Waals surface area contributed by atoms with Gasteiger partial charge in [0.15, 0.2) is 0 Å². The molecule has 2 aromatic rings. The number of morpholine rings is 1. The lowest BCUT2D eigenvalue weighted by Crippen LogP contribution is -2.52. The molecule has 31 heavy (non-hydrogen) atoms. The van der Waals surface area contributed by atoms with Gasteiger partial charge in [-0.1, -0.05) is 30.3 Å². The van der Waals surface area contributed by atoms with E-state index in [1.165, 1.54) is 5.56 Å². The molecule has 0 N–H and O–H groups in total. The zero-order valence-electron chi connectivity index (χ0n) is 17.7. The van der Waals surface area contributed by atoms with E-state index < -0.39 is 0 Å². The summed E-state index contributed by atoms with van der Waals surface area (Å²) in [6.45, 7) is 6.38. The Morgan fingerprint density at radius 2 is 1.71 bits per heavy atom. The molecule has 0 unspecified atom stereocenters. The number of rotatable bonds is 6. The SMILES string of the molecule is O=C(C=Cc1cnn(Cc2ccccc2)c1)N1CCN(CC(=O)N2CCOCC2)CC1. The van der Waals surface area contributed by atoms with Gasteiger partial charge in [0.2, 0.25) is 11.8 Å². The minimum absolute atomic E-state index is 0.00466. The van der Waals surface area contributed by atoms with Crippen LogP contribution in [0.4, 0.5) is 0 Å². The Morgan fingerprint density at radius 3 is 2.45 bits per heavy atom. The van der Waals surface area contributed by atoms with E-state index in [4.69, 9.17) is 4.74 Å². The predicted octanol–water partition coefficient (Wildman–Crippen LogP) is 0.948. The van der Waals surface area contributed by atoms with Crippen LogP contribution in [0.15, 0.2) is 48.8 Å². The molecule has 0 atom stereocenters. The Hall–Kier alpha value is -2.97. The molecule has 2 saturated heterocycles. The van der Waals surface area contributed by atoms with Gasteiger partial charge < -0.3 is 14.5 Å². The molecule has 2 aliphatic heterocycles. The van der Waals surface area contributed by atoms with Crippen LogP contribution in [-0.4, -0.2) is 95.3 Å². The van der Waals surface area contributed by atoms with E-state index in [1.54, 1.807) is 12.3 Å². The lowest BCUT2D eigenvalue weighted by molar-refractivity contribution is -0.137. The zero-order valence-corrected chi connectivity index (χ0v) is 17.7. The van der Waals surface area contributed by atoms with Crippen LogP contribution in [0.5, 0.6) is 0 Å². The average Bonchev–Trinajstić information content (AvgIpc) is 3.26. The Morgan fingerprint density at radius 1 is 0.968 bits per heavy atom. The molecule has 4 rings (SSSR count). The van der Waals surface area contributed by atoms with E-state index in [2.05, 4.69) is 22.1 Å². The highest BCUT2D eigenvalue weighted by molar-refractivity contribution is 5.91. The number of nitrogens with zero attached hydrogens (tertiary/aromatic N) is 5. The molecule has 8 heteroatoms. The molecular weight excluding hydrogens is 394 g/mol. The van der Waals surface area contributed by atoms with E-state index in [0.29, 0.717) is 65.6 Å². The molecule has 1 aromatic carbocycles. The largest absolute Gasteiger partial charge is 0.378 e. The van der Waals surface area contributed by atoms with Crippen LogP contribution >= 0.6 is 0 Å². The summed E-state index contributed by atoms with van der Waals surface area (Å²) in [6.07, 6.45) is 7.12. The molecule has 2 aliphatic rings. The minimum Gasteiger partial charge on any atom is -0.378 e. The van der Waals surface area contributed by atoms with E-state index in [1.807, 2.05) is 45.0 Å². The van der Waals surface area contributed by atoms with Gasteiger partial charge in [-0.3, -0.25) is 19.2 Å². The maximum absolute atomic E-state index is 12.5. The Balaban J connectivity index is 1.22. The number of aromatic nitrogens is 2. The summed E-state index contributed by atoms with van der Waals surface area (Å²) in [5.74, 6) is 0.144. The van der Waals surface area contributed by atoms with Crippen LogP contribution in [0.2, 0.25) is 0 Å². The Bertz CT molecular complexity index is 897. The van der Waals surface area contributed by atoms with Gasteiger partial charge in [-0.25, -0.2) is 0 Å². The number of amides is 2. The molecule has 0 radical (unpaired) electrons. The fraction of sp³-hybridized carbons (Fsp3) is 0.435. The number of carbonyl (C=O) groups is 2. The zero-order chi connectivity index (χ0) is 21.5. The van der Waals surface area contributed by atoms with Gasteiger partial charge in [0.25, 0.3) is 0 Å². The number of benzene rings is 1. The van der Waals surface area contributed by atoms with E-state index in [9.17, 15) is 9.59 Å². The summed E-state index contributed by atoms with van der Waals surface area (Å²) in [5, 5.41) is 4.37. The molecule has 2 amide bonds. The second kappa shape index (κ2) is 10.4. The van der Waals surface area contributed by atoms with Crippen LogP contribution in [0.1, 0.15) is 11.1 Å². The van der Waals surface area contributed by atoms with Crippen molar-refractivity contribution in [2.45, 2.75) is 6.54 Å². The van der Waals surface area contributed by atoms with E-state index in [0.717, 1.165) is 5.56 Å². The maximum Gasteiger partial charge on any atom is 0.246 e. The normalized spacial score (nSPS) is 17.9. The summed E-state index contributed by atoms with van der Waals surface area (Å²) >= 11 is 0. The van der Waals surface area contributed by atoms with Crippen LogP contribution in [0.25, 0.3) is 6.08 Å². The first-order chi connectivity index (χ1) is 15.2. The third-order valence-electron chi connectivity index (χ3n) is 5.67. The lowest BCUT2D eigenvalue weighted by Gasteiger charge is -2.35. The quantitative estimate of drug-likeness (QED) is 0.647. The van der Waals surface area contributed by atoms with Gasteiger partial charge in [0.05, 0.1) is 32.5 Å². The van der Waals surface area contributed by atoms with Gasteiger partial charge >= 0.3 is 0 Å². The van der Waals surface area contributed by atoms with E-state index >= 15 is 0 Å². The summed E-state index contributed by atoms with van der Waals surface area (Å²) < 4.78 is 7.16. The average molecular weight is 424 g/mol. The summed E-state index contributed by atoms with van der Waals surface area (Å²) in [5.41, 5.74) is 2.08. The molecule has 0 spiro atoms. The lowest BCUT2D eigenvalue weighted by atomic mass is 10.2. The highest BCUT2D eigenvalue weighted by Crippen LogP contribution is 2.08. The number of hydrogen-bond donors (Lipinski definition) is 0. The molecular formula is C23H29N5O3. The van der Waals surface area contributed by atoms with Crippen molar-refractivity contribution < 1.29 is 14.3 Å². The van der Waals surface area contributed by atoms with Crippen LogP contribution < -0.4 is 0 Å². The third kappa shape index (κ3) is 6.02. The van der Waals surface area contributed by atoms with Crippen molar-refractivity contribution in [2.24, 2.45) is 0 Å². The van der Waals surface area contributed by atoms with Crippen molar-refractivity contribution in [2.75, 3.05) is 59.0 Å². The molecule has 3 heterocycles. The minimum atomic E-state index is -0.00466. The first kappa shape index (κ1) is 21.3. The molecule has 0 bridgehead atoms. The third-order valence-corrected chi connectivity index (χ3v) is 5.67. The van der Waals surface area contributed by atoms with Crippen LogP contribution in [-0.2, 0) is 20.9 Å². The number of ether oxygens (including phenoxy) is 1. The topological polar surface area (TPSA) is 70.9 Å². The van der Waals surface area contributed by atoms with Crippen molar-refractivity contribution in [3.8, 4) is 0 Å². The summed E-state index contributed by atoms with van der Waals surface area (Å²) in [6, 6.07) is 10.1. The number of carbonyl (C=O) groups excluding carboxylic acids is 2. The maximum atomic E-state index is 12.5. The fourth-order valence-corrected chi connectivity index (χ4v) is 3.83. The molecule has 8 nitrogen and oxygen atoms in total. The van der Waals surface area contributed by atoms with Crippen molar-refractivity contribution in [1.29, 1.82) is 0 Å².